The van der Waals surface area contributed by atoms with Crippen LogP contribution in [-0.2, 0) is 6.54 Å². The molecule has 144 valence electrons. The molecule has 7 nitrogen and oxygen atoms in total. The number of hydrogen-bond acceptors (Lipinski definition) is 5. The van der Waals surface area contributed by atoms with Gasteiger partial charge in [-0.2, -0.15) is 0 Å². The van der Waals surface area contributed by atoms with Gasteiger partial charge >= 0.3 is 11.9 Å². The van der Waals surface area contributed by atoms with Gasteiger partial charge in [-0.1, -0.05) is 24.3 Å². The summed E-state index contributed by atoms with van der Waals surface area (Å²) in [6, 6.07) is 13.2. The van der Waals surface area contributed by atoms with Gasteiger partial charge in [0.2, 0.25) is 0 Å². The molecule has 0 aliphatic rings. The highest BCUT2D eigenvalue weighted by Crippen LogP contribution is 2.13. The number of carboxylic acids is 2. The molecular weight excluding hydrogens is 348 g/mol. The van der Waals surface area contributed by atoms with E-state index in [0.29, 0.717) is 19.6 Å². The highest BCUT2D eigenvalue weighted by Gasteiger charge is 2.10. The van der Waals surface area contributed by atoms with E-state index in [0.717, 1.165) is 11.1 Å². The van der Waals surface area contributed by atoms with E-state index in [1.165, 1.54) is 0 Å². The number of aromatic carboxylic acids is 2. The zero-order chi connectivity index (χ0) is 19.8. The first-order valence-corrected chi connectivity index (χ1v) is 8.64. The largest absolute Gasteiger partial charge is 0.478 e. The minimum atomic E-state index is -0.957. The molecule has 0 bridgehead atoms. The number of carbonyl (C=O) groups is 2. The minimum absolute atomic E-state index is 0.0222. The first kappa shape index (κ1) is 20.6. The average Bonchev–Trinajstić information content (AvgIpc) is 2.66. The van der Waals surface area contributed by atoms with Crippen molar-refractivity contribution in [3.8, 4) is 0 Å². The van der Waals surface area contributed by atoms with E-state index in [9.17, 15) is 14.7 Å². The molecule has 0 saturated carbocycles. The monoisotopic (exact) mass is 372 g/mol. The molecule has 0 amide bonds. The Morgan fingerprint density at radius 3 is 1.93 bits per heavy atom. The van der Waals surface area contributed by atoms with E-state index < -0.39 is 18.0 Å². The van der Waals surface area contributed by atoms with E-state index in [1.54, 1.807) is 48.5 Å². The molecule has 0 saturated heterocycles. The summed E-state index contributed by atoms with van der Waals surface area (Å²) in [6.45, 7) is 3.24. The lowest BCUT2D eigenvalue weighted by Gasteiger charge is -2.18. The first-order valence-electron chi connectivity index (χ1n) is 8.64. The van der Waals surface area contributed by atoms with Crippen molar-refractivity contribution in [3.63, 3.8) is 0 Å². The van der Waals surface area contributed by atoms with Gasteiger partial charge in [0.05, 0.1) is 17.2 Å². The van der Waals surface area contributed by atoms with Crippen LogP contribution in [-0.4, -0.2) is 46.5 Å². The Kier molecular flexibility index (Phi) is 7.48. The highest BCUT2D eigenvalue weighted by molar-refractivity contribution is 5.87. The number of benzene rings is 2. The molecule has 0 heterocycles. The van der Waals surface area contributed by atoms with Crippen LogP contribution in [0, 0.1) is 0 Å². The van der Waals surface area contributed by atoms with Gasteiger partial charge in [0, 0.05) is 25.7 Å². The average molecular weight is 372 g/mol. The first-order chi connectivity index (χ1) is 12.9. The van der Waals surface area contributed by atoms with Crippen molar-refractivity contribution in [2.24, 2.45) is 0 Å². The van der Waals surface area contributed by atoms with Gasteiger partial charge in [0.15, 0.2) is 0 Å². The molecule has 2 rings (SSSR count). The molecule has 0 radical (unpaired) electrons. The molecule has 2 unspecified atom stereocenters. The van der Waals surface area contributed by atoms with Crippen LogP contribution >= 0.6 is 0 Å². The Bertz CT molecular complexity index is 759. The molecule has 27 heavy (non-hydrogen) atoms. The lowest BCUT2D eigenvalue weighted by atomic mass is 10.1. The second-order valence-corrected chi connectivity index (χ2v) is 6.34. The summed E-state index contributed by atoms with van der Waals surface area (Å²) < 4.78 is 0. The van der Waals surface area contributed by atoms with Crippen molar-refractivity contribution in [1.82, 2.24) is 10.6 Å². The summed E-state index contributed by atoms with van der Waals surface area (Å²) in [4.78, 5) is 21.7. The molecule has 7 heteroatoms. The van der Waals surface area contributed by atoms with Gasteiger partial charge in [0.1, 0.15) is 0 Å². The van der Waals surface area contributed by atoms with Gasteiger partial charge in [-0.3, -0.25) is 0 Å². The Morgan fingerprint density at radius 1 is 0.889 bits per heavy atom. The van der Waals surface area contributed by atoms with Gasteiger partial charge < -0.3 is 26.0 Å². The van der Waals surface area contributed by atoms with Gasteiger partial charge in [-0.15, -0.1) is 0 Å². The third-order valence-corrected chi connectivity index (χ3v) is 4.23. The third kappa shape index (κ3) is 6.49. The summed E-state index contributed by atoms with van der Waals surface area (Å²) in [7, 11) is 0. The van der Waals surface area contributed by atoms with Crippen molar-refractivity contribution in [1.29, 1.82) is 0 Å². The molecule has 0 spiro atoms. The number of carboxylic acid groups (broad SMARTS) is 2. The lowest BCUT2D eigenvalue weighted by Crippen LogP contribution is -2.36. The van der Waals surface area contributed by atoms with E-state index in [-0.39, 0.29) is 17.2 Å². The molecule has 0 fully saturated rings. The van der Waals surface area contributed by atoms with Gasteiger partial charge in [-0.25, -0.2) is 9.59 Å². The zero-order valence-electron chi connectivity index (χ0n) is 15.1. The Hall–Kier alpha value is -2.74. The van der Waals surface area contributed by atoms with Crippen molar-refractivity contribution in [2.75, 3.05) is 13.1 Å². The van der Waals surface area contributed by atoms with Crippen LogP contribution in [0.1, 0.15) is 44.8 Å². The van der Waals surface area contributed by atoms with E-state index in [4.69, 9.17) is 10.2 Å². The molecule has 0 aromatic heterocycles. The summed E-state index contributed by atoms with van der Waals surface area (Å²) in [6.07, 6.45) is -0.593. The fraction of sp³-hybridized carbons (Fsp3) is 0.300. The number of hydrogen-bond donors (Lipinski definition) is 5. The number of aliphatic hydroxyl groups excluding tert-OH is 1. The Labute approximate surface area is 157 Å². The van der Waals surface area contributed by atoms with Crippen molar-refractivity contribution < 1.29 is 24.9 Å². The van der Waals surface area contributed by atoms with Crippen LogP contribution in [0.3, 0.4) is 0 Å². The SMILES string of the molecule is CC(NCC(O)CNCc1ccc(C(=O)O)cc1)c1ccc(C(=O)O)cc1. The van der Waals surface area contributed by atoms with Crippen LogP contribution in [0.15, 0.2) is 48.5 Å². The van der Waals surface area contributed by atoms with Gasteiger partial charge in [0.25, 0.3) is 0 Å². The van der Waals surface area contributed by atoms with E-state index >= 15 is 0 Å². The Morgan fingerprint density at radius 2 is 1.41 bits per heavy atom. The predicted octanol–water partition coefficient (Wildman–Crippen LogP) is 1.88. The van der Waals surface area contributed by atoms with Crippen LogP contribution < -0.4 is 10.6 Å². The Balaban J connectivity index is 1.71. The number of aliphatic hydroxyl groups is 1. The molecule has 2 atom stereocenters. The maximum Gasteiger partial charge on any atom is 0.335 e. The van der Waals surface area contributed by atoms with Crippen molar-refractivity contribution >= 4 is 11.9 Å². The fourth-order valence-electron chi connectivity index (χ4n) is 2.57. The molecule has 5 N–H and O–H groups in total. The molecular formula is C20H24N2O5. The van der Waals surface area contributed by atoms with E-state index in [1.807, 2.05) is 6.92 Å². The van der Waals surface area contributed by atoms with Crippen LogP contribution in [0.5, 0.6) is 0 Å². The summed E-state index contributed by atoms with van der Waals surface area (Å²) in [5.74, 6) is -1.91. The summed E-state index contributed by atoms with van der Waals surface area (Å²) in [5, 5.41) is 34.2. The van der Waals surface area contributed by atoms with Crippen molar-refractivity contribution in [3.05, 3.63) is 70.8 Å². The summed E-state index contributed by atoms with van der Waals surface area (Å²) in [5.41, 5.74) is 2.37. The van der Waals surface area contributed by atoms with Gasteiger partial charge in [-0.05, 0) is 42.3 Å². The van der Waals surface area contributed by atoms with Crippen LogP contribution in [0.4, 0.5) is 0 Å². The quantitative estimate of drug-likeness (QED) is 0.432. The zero-order valence-corrected chi connectivity index (χ0v) is 15.1. The molecule has 2 aromatic carbocycles. The van der Waals surface area contributed by atoms with Crippen molar-refractivity contribution in [2.45, 2.75) is 25.6 Å². The molecule has 0 aliphatic heterocycles. The maximum atomic E-state index is 10.9. The second-order valence-electron chi connectivity index (χ2n) is 6.34. The standard InChI is InChI=1S/C20H24N2O5/c1-13(15-6-8-17(9-7-15)20(26)27)22-12-18(23)11-21-10-14-2-4-16(5-3-14)19(24)25/h2-9,13,18,21-23H,10-12H2,1H3,(H,24,25)(H,26,27). The number of nitrogens with one attached hydrogen (secondary N) is 2. The maximum absolute atomic E-state index is 10.9. The number of rotatable bonds is 10. The molecule has 2 aromatic rings. The van der Waals surface area contributed by atoms with Crippen LogP contribution in [0.2, 0.25) is 0 Å². The van der Waals surface area contributed by atoms with E-state index in [2.05, 4.69) is 10.6 Å². The summed E-state index contributed by atoms with van der Waals surface area (Å²) >= 11 is 0. The lowest BCUT2D eigenvalue weighted by molar-refractivity contribution is 0.0686. The normalized spacial score (nSPS) is 13.1. The topological polar surface area (TPSA) is 119 Å². The predicted molar refractivity (Wildman–Crippen MR) is 101 cm³/mol. The smallest absolute Gasteiger partial charge is 0.335 e. The fourth-order valence-corrected chi connectivity index (χ4v) is 2.57. The highest BCUT2D eigenvalue weighted by atomic mass is 16.4. The third-order valence-electron chi connectivity index (χ3n) is 4.23. The van der Waals surface area contributed by atoms with Crippen LogP contribution in [0.25, 0.3) is 0 Å². The molecule has 0 aliphatic carbocycles. The minimum Gasteiger partial charge on any atom is -0.478 e. The second kappa shape index (κ2) is 9.82.